The first kappa shape index (κ1) is 18.8. The van der Waals surface area contributed by atoms with Crippen molar-refractivity contribution in [3.8, 4) is 0 Å². The largest absolute Gasteiger partial charge is 0.463 e. The second-order valence-electron chi connectivity index (χ2n) is 11.1. The summed E-state index contributed by atoms with van der Waals surface area (Å²) < 4.78 is 5.61. The minimum Gasteiger partial charge on any atom is -0.463 e. The molecule has 4 rings (SSSR count). The lowest BCUT2D eigenvalue weighted by Crippen LogP contribution is -2.54. The van der Waals surface area contributed by atoms with Crippen molar-refractivity contribution in [2.24, 2.45) is 46.3 Å². The molecule has 4 fully saturated rings. The van der Waals surface area contributed by atoms with E-state index in [1.54, 1.807) is 6.92 Å². The summed E-state index contributed by atoms with van der Waals surface area (Å²) in [5, 5.41) is 0. The second-order valence-corrected chi connectivity index (χ2v) is 11.1. The molecule has 0 aromatic rings. The molecule has 2 nitrogen and oxygen atoms in total. The molecule has 0 aromatic heterocycles. The van der Waals surface area contributed by atoms with Crippen molar-refractivity contribution in [3.05, 3.63) is 0 Å². The van der Waals surface area contributed by atoms with Crippen LogP contribution < -0.4 is 0 Å². The smallest absolute Gasteiger partial charge is 0.302 e. The van der Waals surface area contributed by atoms with E-state index in [1.807, 2.05) is 0 Å². The number of carbonyl (C=O) groups excluding carboxylic acids is 1. The van der Waals surface area contributed by atoms with Crippen molar-refractivity contribution in [2.45, 2.75) is 98.5 Å². The van der Waals surface area contributed by atoms with Crippen molar-refractivity contribution in [3.63, 3.8) is 0 Å². The van der Waals surface area contributed by atoms with Crippen molar-refractivity contribution in [1.29, 1.82) is 0 Å². The third-order valence-corrected chi connectivity index (χ3v) is 9.83. The quantitative estimate of drug-likeness (QED) is 0.545. The summed E-state index contributed by atoms with van der Waals surface area (Å²) in [5.74, 6) is 5.32. The minimum atomic E-state index is -0.0913. The van der Waals surface area contributed by atoms with Gasteiger partial charge in [-0.2, -0.15) is 0 Å². The predicted molar refractivity (Wildman–Crippen MR) is 106 cm³/mol. The van der Waals surface area contributed by atoms with Crippen molar-refractivity contribution >= 4 is 5.97 Å². The Morgan fingerprint density at radius 2 is 1.62 bits per heavy atom. The third-order valence-electron chi connectivity index (χ3n) is 9.83. The van der Waals surface area contributed by atoms with Gasteiger partial charge in [0.25, 0.3) is 0 Å². The van der Waals surface area contributed by atoms with Gasteiger partial charge in [-0.15, -0.1) is 0 Å². The summed E-state index contributed by atoms with van der Waals surface area (Å²) in [5.41, 5.74) is 1.10. The third kappa shape index (κ3) is 2.76. The number of hydrogen-bond donors (Lipinski definition) is 0. The predicted octanol–water partition coefficient (Wildman–Crippen LogP) is 6.23. The molecule has 4 aliphatic carbocycles. The Labute approximate surface area is 160 Å². The van der Waals surface area contributed by atoms with Crippen LogP contribution in [0, 0.1) is 46.3 Å². The van der Waals surface area contributed by atoms with Gasteiger partial charge in [-0.1, -0.05) is 27.7 Å². The zero-order chi connectivity index (χ0) is 18.7. The van der Waals surface area contributed by atoms with E-state index in [0.29, 0.717) is 10.8 Å². The van der Waals surface area contributed by atoms with Crippen LogP contribution in [0.1, 0.15) is 92.4 Å². The zero-order valence-electron chi connectivity index (χ0n) is 17.7. The summed E-state index contributed by atoms with van der Waals surface area (Å²) in [4.78, 5) is 11.4. The van der Waals surface area contributed by atoms with Gasteiger partial charge in [-0.25, -0.2) is 0 Å². The van der Waals surface area contributed by atoms with Gasteiger partial charge in [0, 0.05) is 6.92 Å². The lowest BCUT2D eigenvalue weighted by Gasteiger charge is -2.61. The van der Waals surface area contributed by atoms with E-state index >= 15 is 0 Å². The highest BCUT2D eigenvalue weighted by molar-refractivity contribution is 5.66. The fourth-order valence-corrected chi connectivity index (χ4v) is 8.70. The minimum absolute atomic E-state index is 0.0913. The molecule has 2 heteroatoms. The maximum atomic E-state index is 11.4. The molecule has 0 aliphatic heterocycles. The monoisotopic (exact) mass is 360 g/mol. The Morgan fingerprint density at radius 3 is 2.31 bits per heavy atom. The van der Waals surface area contributed by atoms with E-state index in [4.69, 9.17) is 4.74 Å². The van der Waals surface area contributed by atoms with Gasteiger partial charge in [-0.05, 0) is 104 Å². The van der Waals surface area contributed by atoms with Gasteiger partial charge in [0.2, 0.25) is 0 Å². The fraction of sp³-hybridized carbons (Fsp3) is 0.958. The lowest BCUT2D eigenvalue weighted by molar-refractivity contribution is -0.160. The summed E-state index contributed by atoms with van der Waals surface area (Å²) >= 11 is 0. The first-order valence-corrected chi connectivity index (χ1v) is 11.4. The van der Waals surface area contributed by atoms with Crippen molar-refractivity contribution in [1.82, 2.24) is 0 Å². The van der Waals surface area contributed by atoms with Gasteiger partial charge in [-0.3, -0.25) is 4.79 Å². The molecule has 26 heavy (non-hydrogen) atoms. The highest BCUT2D eigenvalue weighted by atomic mass is 16.5. The summed E-state index contributed by atoms with van der Waals surface area (Å²) in [6.07, 6.45) is 12.3. The number of hydrogen-bond acceptors (Lipinski definition) is 2. The van der Waals surface area contributed by atoms with Crippen LogP contribution in [0.15, 0.2) is 0 Å². The Kier molecular flexibility index (Phi) is 4.72. The van der Waals surface area contributed by atoms with E-state index in [9.17, 15) is 4.79 Å². The highest BCUT2D eigenvalue weighted by Crippen LogP contribution is 2.68. The highest BCUT2D eigenvalue weighted by Gasteiger charge is 2.60. The van der Waals surface area contributed by atoms with E-state index < -0.39 is 0 Å². The number of esters is 1. The maximum absolute atomic E-state index is 11.4. The SMILES string of the molecule is CC(=O)O[C@@H]1CC[C@@]2(C)[C@@H](CC[C@H]3[C@H]2CC[C@]2(C)[C@H](C(C)C)CC[C@@H]32)C1. The average Bonchev–Trinajstić information content (AvgIpc) is 2.92. The van der Waals surface area contributed by atoms with Crippen LogP contribution in [0.4, 0.5) is 0 Å². The molecule has 0 N–H and O–H groups in total. The molecule has 0 bridgehead atoms. The molecule has 148 valence electrons. The van der Waals surface area contributed by atoms with Gasteiger partial charge in [0.1, 0.15) is 6.10 Å². The maximum Gasteiger partial charge on any atom is 0.302 e. The fourth-order valence-electron chi connectivity index (χ4n) is 8.70. The summed E-state index contributed by atoms with van der Waals surface area (Å²) in [6, 6.07) is 0. The van der Waals surface area contributed by atoms with Crippen molar-refractivity contribution in [2.75, 3.05) is 0 Å². The van der Waals surface area contributed by atoms with Crippen LogP contribution in [-0.4, -0.2) is 12.1 Å². The molecule has 0 spiro atoms. The van der Waals surface area contributed by atoms with Crippen LogP contribution >= 0.6 is 0 Å². The first-order valence-electron chi connectivity index (χ1n) is 11.4. The van der Waals surface area contributed by atoms with Crippen molar-refractivity contribution < 1.29 is 9.53 Å². The molecule has 0 radical (unpaired) electrons. The molecule has 0 amide bonds. The van der Waals surface area contributed by atoms with Crippen LogP contribution in [0.5, 0.6) is 0 Å². The molecule has 4 saturated carbocycles. The molecule has 0 unspecified atom stereocenters. The van der Waals surface area contributed by atoms with Crippen LogP contribution in [0.3, 0.4) is 0 Å². The second kappa shape index (κ2) is 6.52. The van der Waals surface area contributed by atoms with E-state index in [-0.39, 0.29) is 12.1 Å². The molecule has 0 aromatic carbocycles. The topological polar surface area (TPSA) is 26.3 Å². The van der Waals surface area contributed by atoms with E-state index in [1.165, 1.54) is 44.9 Å². The Hall–Kier alpha value is -0.530. The van der Waals surface area contributed by atoms with Crippen LogP contribution in [0.2, 0.25) is 0 Å². The van der Waals surface area contributed by atoms with Gasteiger partial charge < -0.3 is 4.74 Å². The molecule has 4 aliphatic rings. The first-order chi connectivity index (χ1) is 12.3. The Bertz CT molecular complexity index is 554. The zero-order valence-corrected chi connectivity index (χ0v) is 17.7. The summed E-state index contributed by atoms with van der Waals surface area (Å²) in [6.45, 7) is 11.7. The Morgan fingerprint density at radius 1 is 0.923 bits per heavy atom. The van der Waals surface area contributed by atoms with Crippen LogP contribution in [-0.2, 0) is 9.53 Å². The number of ether oxygens (including phenoxy) is 1. The van der Waals surface area contributed by atoms with Crippen LogP contribution in [0.25, 0.3) is 0 Å². The molecule has 8 atom stereocenters. The van der Waals surface area contributed by atoms with E-state index in [0.717, 1.165) is 48.3 Å². The number of rotatable bonds is 2. The molecular weight excluding hydrogens is 320 g/mol. The Balaban J connectivity index is 1.53. The lowest BCUT2D eigenvalue weighted by atomic mass is 9.44. The van der Waals surface area contributed by atoms with Gasteiger partial charge >= 0.3 is 5.97 Å². The van der Waals surface area contributed by atoms with E-state index in [2.05, 4.69) is 27.7 Å². The average molecular weight is 361 g/mol. The summed E-state index contributed by atoms with van der Waals surface area (Å²) in [7, 11) is 0. The normalized spacial score (nSPS) is 50.7. The molecular formula is C24H40O2. The van der Waals surface area contributed by atoms with Gasteiger partial charge in [0.15, 0.2) is 0 Å². The number of carbonyl (C=O) groups is 1. The number of fused-ring (bicyclic) bond motifs is 5. The molecule has 0 heterocycles. The van der Waals surface area contributed by atoms with Gasteiger partial charge in [0.05, 0.1) is 0 Å². The molecule has 0 saturated heterocycles. The standard InChI is InChI=1S/C24H40O2/c1-15(2)20-8-9-21-19-7-6-17-14-18(26-16(3)25)10-12-23(17,4)22(19)11-13-24(20,21)5/h15,17-22H,6-14H2,1-5H3/t17-,18+,19+,20-,21-,22+,23-,24+/m0/s1.